The molecule has 0 radical (unpaired) electrons. The zero-order valence-electron chi connectivity index (χ0n) is 10.7. The molecule has 2 unspecified atom stereocenters. The maximum absolute atomic E-state index is 9.02. The molecule has 1 aliphatic carbocycles. The third-order valence-corrected chi connectivity index (χ3v) is 3.82. The van der Waals surface area contributed by atoms with E-state index in [-0.39, 0.29) is 0 Å². The van der Waals surface area contributed by atoms with Crippen LogP contribution in [0.15, 0.2) is 18.2 Å². The summed E-state index contributed by atoms with van der Waals surface area (Å²) in [6, 6.07) is 7.29. The normalized spacial score (nSPS) is 23.4. The molecule has 0 saturated heterocycles. The van der Waals surface area contributed by atoms with E-state index in [1.807, 2.05) is 0 Å². The Morgan fingerprint density at radius 3 is 3.00 bits per heavy atom. The number of hydrogen-bond acceptors (Lipinski definition) is 2. The fourth-order valence-corrected chi connectivity index (χ4v) is 2.79. The van der Waals surface area contributed by atoms with E-state index in [9.17, 15) is 0 Å². The van der Waals surface area contributed by atoms with Crippen LogP contribution in [0.4, 0.5) is 0 Å². The molecule has 1 aromatic carbocycles. The van der Waals surface area contributed by atoms with Crippen LogP contribution in [0.25, 0.3) is 0 Å². The highest BCUT2D eigenvalue weighted by atomic mass is 35.5. The molecule has 0 amide bonds. The third-order valence-electron chi connectivity index (χ3n) is 3.58. The lowest BCUT2D eigenvalue weighted by molar-refractivity contribution is 0.182. The van der Waals surface area contributed by atoms with Crippen molar-refractivity contribution in [3.63, 3.8) is 0 Å². The van der Waals surface area contributed by atoms with Crippen molar-refractivity contribution in [3.8, 4) is 11.8 Å². The second kappa shape index (κ2) is 6.11. The van der Waals surface area contributed by atoms with Gasteiger partial charge in [0.15, 0.2) is 0 Å². The van der Waals surface area contributed by atoms with Gasteiger partial charge in [0.1, 0.15) is 11.8 Å². The summed E-state index contributed by atoms with van der Waals surface area (Å²) in [6.07, 6.45) is 5.07. The van der Waals surface area contributed by atoms with Gasteiger partial charge in [-0.3, -0.25) is 0 Å². The lowest BCUT2D eigenvalue weighted by atomic mass is 9.83. The van der Waals surface area contributed by atoms with Crippen LogP contribution < -0.4 is 4.74 Å². The van der Waals surface area contributed by atoms with Crippen molar-refractivity contribution in [3.05, 3.63) is 28.8 Å². The summed E-state index contributed by atoms with van der Waals surface area (Å²) in [4.78, 5) is 0. The van der Waals surface area contributed by atoms with Crippen molar-refractivity contribution in [2.24, 2.45) is 11.8 Å². The first kappa shape index (κ1) is 13.2. The topological polar surface area (TPSA) is 33.0 Å². The average molecular weight is 264 g/mol. The SMILES string of the molecule is CC1CCCC(COc2cc(Cl)ccc2C#N)C1. The van der Waals surface area contributed by atoms with Gasteiger partial charge >= 0.3 is 0 Å². The zero-order chi connectivity index (χ0) is 13.0. The van der Waals surface area contributed by atoms with Gasteiger partial charge in [0.2, 0.25) is 0 Å². The molecule has 1 fully saturated rings. The van der Waals surface area contributed by atoms with Gasteiger partial charge in [-0.15, -0.1) is 0 Å². The molecule has 18 heavy (non-hydrogen) atoms. The molecule has 2 atom stereocenters. The summed E-state index contributed by atoms with van der Waals surface area (Å²) in [5, 5.41) is 9.63. The smallest absolute Gasteiger partial charge is 0.138 e. The molecule has 1 saturated carbocycles. The molecule has 0 aliphatic heterocycles. The Labute approximate surface area is 114 Å². The Bertz CT molecular complexity index is 452. The first-order valence-corrected chi connectivity index (χ1v) is 6.89. The van der Waals surface area contributed by atoms with Crippen molar-refractivity contribution in [2.45, 2.75) is 32.6 Å². The van der Waals surface area contributed by atoms with Crippen molar-refractivity contribution in [2.75, 3.05) is 6.61 Å². The van der Waals surface area contributed by atoms with Crippen molar-refractivity contribution < 1.29 is 4.74 Å². The largest absolute Gasteiger partial charge is 0.492 e. The van der Waals surface area contributed by atoms with Crippen LogP contribution in [0.2, 0.25) is 5.02 Å². The number of halogens is 1. The van der Waals surface area contributed by atoms with Crippen LogP contribution in [0.5, 0.6) is 5.75 Å². The van der Waals surface area contributed by atoms with Crippen LogP contribution >= 0.6 is 11.6 Å². The fourth-order valence-electron chi connectivity index (χ4n) is 2.63. The van der Waals surface area contributed by atoms with E-state index in [2.05, 4.69) is 13.0 Å². The van der Waals surface area contributed by atoms with Crippen LogP contribution in [-0.2, 0) is 0 Å². The van der Waals surface area contributed by atoms with Gasteiger partial charge in [-0.05, 0) is 36.8 Å². The van der Waals surface area contributed by atoms with Gasteiger partial charge in [0.25, 0.3) is 0 Å². The standard InChI is InChI=1S/C15H18ClNO/c1-11-3-2-4-12(7-11)10-18-15-8-14(16)6-5-13(15)9-17/h5-6,8,11-12H,2-4,7,10H2,1H3. The summed E-state index contributed by atoms with van der Waals surface area (Å²) in [7, 11) is 0. The lowest BCUT2D eigenvalue weighted by Crippen LogP contribution is -2.19. The van der Waals surface area contributed by atoms with Gasteiger partial charge in [0.05, 0.1) is 12.2 Å². The second-order valence-corrected chi connectivity index (χ2v) is 5.64. The summed E-state index contributed by atoms with van der Waals surface area (Å²) in [5.41, 5.74) is 0.559. The van der Waals surface area contributed by atoms with Gasteiger partial charge in [-0.25, -0.2) is 0 Å². The van der Waals surface area contributed by atoms with Crippen LogP contribution in [0.3, 0.4) is 0 Å². The highest BCUT2D eigenvalue weighted by Gasteiger charge is 2.19. The highest BCUT2D eigenvalue weighted by Crippen LogP contribution is 2.30. The molecular formula is C15H18ClNO. The number of hydrogen-bond donors (Lipinski definition) is 0. The lowest BCUT2D eigenvalue weighted by Gasteiger charge is -2.26. The number of ether oxygens (including phenoxy) is 1. The Balaban J connectivity index is 1.97. The Morgan fingerprint density at radius 1 is 1.44 bits per heavy atom. The Morgan fingerprint density at radius 2 is 2.28 bits per heavy atom. The van der Waals surface area contributed by atoms with Gasteiger partial charge in [-0.1, -0.05) is 31.4 Å². The zero-order valence-corrected chi connectivity index (χ0v) is 11.4. The van der Waals surface area contributed by atoms with Crippen LogP contribution in [0.1, 0.15) is 38.2 Å². The van der Waals surface area contributed by atoms with E-state index < -0.39 is 0 Å². The second-order valence-electron chi connectivity index (χ2n) is 5.20. The number of nitriles is 1. The molecule has 0 N–H and O–H groups in total. The van der Waals surface area contributed by atoms with Crippen molar-refractivity contribution in [1.82, 2.24) is 0 Å². The molecule has 96 valence electrons. The quantitative estimate of drug-likeness (QED) is 0.809. The van der Waals surface area contributed by atoms with Crippen molar-refractivity contribution in [1.29, 1.82) is 5.26 Å². The Kier molecular flexibility index (Phi) is 4.49. The highest BCUT2D eigenvalue weighted by molar-refractivity contribution is 6.30. The minimum atomic E-state index is 0.559. The summed E-state index contributed by atoms with van der Waals surface area (Å²) < 4.78 is 5.79. The van der Waals surface area contributed by atoms with Gasteiger partial charge in [0, 0.05) is 11.1 Å². The summed E-state index contributed by atoms with van der Waals surface area (Å²) >= 11 is 5.93. The minimum Gasteiger partial charge on any atom is -0.492 e. The Hall–Kier alpha value is -1.20. The van der Waals surface area contributed by atoms with E-state index in [0.717, 1.165) is 5.92 Å². The predicted octanol–water partition coefficient (Wildman–Crippen LogP) is 4.42. The molecule has 0 bridgehead atoms. The number of nitrogens with zero attached hydrogens (tertiary/aromatic N) is 1. The maximum atomic E-state index is 9.02. The van der Waals surface area contributed by atoms with E-state index in [1.54, 1.807) is 18.2 Å². The fraction of sp³-hybridized carbons (Fsp3) is 0.533. The molecule has 0 heterocycles. The minimum absolute atomic E-state index is 0.559. The molecule has 2 nitrogen and oxygen atoms in total. The van der Waals surface area contributed by atoms with E-state index in [0.29, 0.717) is 28.9 Å². The van der Waals surface area contributed by atoms with Gasteiger partial charge in [-0.2, -0.15) is 5.26 Å². The molecular weight excluding hydrogens is 246 g/mol. The number of benzene rings is 1. The van der Waals surface area contributed by atoms with E-state index in [1.165, 1.54) is 25.7 Å². The molecule has 0 aromatic heterocycles. The molecule has 3 heteroatoms. The molecule has 0 spiro atoms. The molecule has 2 rings (SSSR count). The molecule has 1 aliphatic rings. The van der Waals surface area contributed by atoms with Crippen LogP contribution in [-0.4, -0.2) is 6.61 Å². The summed E-state index contributed by atoms with van der Waals surface area (Å²) in [5.74, 6) is 2.02. The summed E-state index contributed by atoms with van der Waals surface area (Å²) in [6.45, 7) is 2.99. The first-order valence-electron chi connectivity index (χ1n) is 6.51. The number of rotatable bonds is 3. The van der Waals surface area contributed by atoms with Gasteiger partial charge < -0.3 is 4.74 Å². The third kappa shape index (κ3) is 3.40. The average Bonchev–Trinajstić information content (AvgIpc) is 2.37. The molecule has 1 aromatic rings. The monoisotopic (exact) mass is 263 g/mol. The van der Waals surface area contributed by atoms with Crippen molar-refractivity contribution >= 4 is 11.6 Å². The predicted molar refractivity (Wildman–Crippen MR) is 72.8 cm³/mol. The van der Waals surface area contributed by atoms with Crippen LogP contribution in [0, 0.1) is 23.2 Å². The first-order chi connectivity index (χ1) is 8.69. The maximum Gasteiger partial charge on any atom is 0.138 e. The van der Waals surface area contributed by atoms with E-state index >= 15 is 0 Å². The van der Waals surface area contributed by atoms with E-state index in [4.69, 9.17) is 21.6 Å².